The van der Waals surface area contributed by atoms with E-state index in [0.29, 0.717) is 0 Å². The van der Waals surface area contributed by atoms with Crippen LogP contribution in [-0.4, -0.2) is 29.3 Å². The van der Waals surface area contributed by atoms with E-state index < -0.39 is 23.3 Å². The zero-order chi connectivity index (χ0) is 14.0. The first-order chi connectivity index (χ1) is 9.02. The lowest BCUT2D eigenvalue weighted by Gasteiger charge is -2.07. The maximum absolute atomic E-state index is 11.6. The Morgan fingerprint density at radius 3 is 2.95 bits per heavy atom. The van der Waals surface area contributed by atoms with Crippen LogP contribution in [0.15, 0.2) is 32.3 Å². The number of aromatic nitrogens is 1. The molecule has 0 aromatic carbocycles. The molecule has 0 amide bonds. The second kappa shape index (κ2) is 5.07. The summed E-state index contributed by atoms with van der Waals surface area (Å²) < 4.78 is 9.29. The first kappa shape index (κ1) is 13.0. The van der Waals surface area contributed by atoms with Crippen LogP contribution in [0.25, 0.3) is 11.0 Å². The number of ether oxygens (including phenoxy) is 1. The Kier molecular flexibility index (Phi) is 3.48. The fourth-order valence-electron chi connectivity index (χ4n) is 1.67. The number of fused-ring (bicyclic) bond motifs is 1. The van der Waals surface area contributed by atoms with Gasteiger partial charge in [0, 0.05) is 18.2 Å². The molecular weight excluding hydrogens is 254 g/mol. The first-order valence-corrected chi connectivity index (χ1v) is 5.43. The molecule has 2 N–H and O–H groups in total. The Bertz CT molecular complexity index is 729. The second-order valence-electron chi connectivity index (χ2n) is 3.89. The molecule has 100 valence electrons. The number of H-pyrrole nitrogens is 1. The van der Waals surface area contributed by atoms with Crippen LogP contribution in [0, 0.1) is 0 Å². The van der Waals surface area contributed by atoms with Crippen molar-refractivity contribution >= 4 is 16.9 Å². The lowest BCUT2D eigenvalue weighted by atomic mass is 10.1. The van der Waals surface area contributed by atoms with Gasteiger partial charge >= 0.3 is 11.6 Å². The number of carbonyl (C=O) groups is 1. The average molecular weight is 265 g/mol. The van der Waals surface area contributed by atoms with Crippen molar-refractivity contribution in [2.45, 2.75) is 12.5 Å². The van der Waals surface area contributed by atoms with E-state index in [1.54, 1.807) is 0 Å². The van der Waals surface area contributed by atoms with Crippen LogP contribution in [-0.2, 0) is 16.0 Å². The molecule has 0 aliphatic heterocycles. The minimum absolute atomic E-state index is 0.0297. The molecule has 2 aromatic heterocycles. The molecule has 0 radical (unpaired) electrons. The zero-order valence-corrected chi connectivity index (χ0v) is 10.0. The Balaban J connectivity index is 2.47. The number of rotatable bonds is 3. The Morgan fingerprint density at radius 1 is 1.53 bits per heavy atom. The van der Waals surface area contributed by atoms with E-state index in [4.69, 9.17) is 4.42 Å². The molecule has 7 nitrogen and oxygen atoms in total. The molecule has 2 heterocycles. The molecule has 0 spiro atoms. The number of hydrogen-bond acceptors (Lipinski definition) is 6. The summed E-state index contributed by atoms with van der Waals surface area (Å²) in [5, 5.41) is 9.67. The third-order valence-corrected chi connectivity index (χ3v) is 2.63. The van der Waals surface area contributed by atoms with Gasteiger partial charge < -0.3 is 19.2 Å². The van der Waals surface area contributed by atoms with Crippen molar-refractivity contribution < 1.29 is 19.1 Å². The normalized spacial score (nSPS) is 12.3. The summed E-state index contributed by atoms with van der Waals surface area (Å²) in [6.07, 6.45) is -0.399. The van der Waals surface area contributed by atoms with Crippen molar-refractivity contribution in [3.05, 3.63) is 44.7 Å². The smallest absolute Gasteiger partial charge is 0.339 e. The fourth-order valence-corrected chi connectivity index (χ4v) is 1.67. The van der Waals surface area contributed by atoms with E-state index in [2.05, 4.69) is 9.72 Å². The Hall–Kier alpha value is -2.41. The zero-order valence-electron chi connectivity index (χ0n) is 10.0. The largest absolute Gasteiger partial charge is 0.467 e. The van der Waals surface area contributed by atoms with Crippen molar-refractivity contribution in [3.63, 3.8) is 0 Å². The highest BCUT2D eigenvalue weighted by atomic mass is 16.5. The van der Waals surface area contributed by atoms with Crippen molar-refractivity contribution in [1.29, 1.82) is 0 Å². The maximum atomic E-state index is 11.6. The third-order valence-electron chi connectivity index (χ3n) is 2.63. The molecule has 19 heavy (non-hydrogen) atoms. The van der Waals surface area contributed by atoms with Gasteiger partial charge in [0.1, 0.15) is 5.58 Å². The number of esters is 1. The van der Waals surface area contributed by atoms with E-state index in [-0.39, 0.29) is 23.0 Å². The lowest BCUT2D eigenvalue weighted by Crippen LogP contribution is -2.26. The molecule has 2 rings (SSSR count). The Morgan fingerprint density at radius 2 is 2.26 bits per heavy atom. The van der Waals surface area contributed by atoms with E-state index in [1.165, 1.54) is 18.3 Å². The molecule has 7 heteroatoms. The second-order valence-corrected chi connectivity index (χ2v) is 3.89. The summed E-state index contributed by atoms with van der Waals surface area (Å²) in [4.78, 5) is 36.7. The molecule has 0 fully saturated rings. The number of aliphatic hydroxyl groups is 1. The molecular formula is C12H11NO6. The molecule has 0 saturated carbocycles. The van der Waals surface area contributed by atoms with Crippen LogP contribution in [0.3, 0.4) is 0 Å². The average Bonchev–Trinajstić information content (AvgIpc) is 2.39. The van der Waals surface area contributed by atoms with E-state index >= 15 is 0 Å². The highest BCUT2D eigenvalue weighted by Gasteiger charge is 2.19. The van der Waals surface area contributed by atoms with Gasteiger partial charge in [-0.15, -0.1) is 0 Å². The van der Waals surface area contributed by atoms with Crippen LogP contribution >= 0.6 is 0 Å². The van der Waals surface area contributed by atoms with Gasteiger partial charge in [0.25, 0.3) is 5.56 Å². The molecule has 0 unspecified atom stereocenters. The summed E-state index contributed by atoms with van der Waals surface area (Å²) in [6, 6.07) is 2.74. The summed E-state index contributed by atoms with van der Waals surface area (Å²) in [5.74, 6) is -0.860. The summed E-state index contributed by atoms with van der Waals surface area (Å²) in [7, 11) is 1.12. The highest BCUT2D eigenvalue weighted by Crippen LogP contribution is 2.09. The molecule has 0 aliphatic carbocycles. The number of aromatic amines is 1. The number of carbonyl (C=O) groups excluding carboxylic acids is 1. The number of hydrogen-bond donors (Lipinski definition) is 2. The van der Waals surface area contributed by atoms with Gasteiger partial charge in [0.15, 0.2) is 6.10 Å². The SMILES string of the molecule is COC(=O)[C@@H](O)Cc1cc2c(=O)[nH]ccc2oc1=O. The molecule has 0 saturated heterocycles. The molecule has 0 bridgehead atoms. The van der Waals surface area contributed by atoms with Crippen molar-refractivity contribution in [1.82, 2.24) is 4.98 Å². The van der Waals surface area contributed by atoms with Crippen molar-refractivity contribution in [2.75, 3.05) is 7.11 Å². The third kappa shape index (κ3) is 2.55. The highest BCUT2D eigenvalue weighted by molar-refractivity contribution is 5.77. The van der Waals surface area contributed by atoms with Gasteiger partial charge in [-0.3, -0.25) is 4.79 Å². The topological polar surface area (TPSA) is 110 Å². The van der Waals surface area contributed by atoms with Gasteiger partial charge in [-0.1, -0.05) is 0 Å². The van der Waals surface area contributed by atoms with Crippen molar-refractivity contribution in [3.8, 4) is 0 Å². The van der Waals surface area contributed by atoms with Crippen LogP contribution in [0.4, 0.5) is 0 Å². The minimum Gasteiger partial charge on any atom is -0.467 e. The molecule has 1 atom stereocenters. The van der Waals surface area contributed by atoms with Crippen LogP contribution in [0.2, 0.25) is 0 Å². The predicted molar refractivity (Wildman–Crippen MR) is 64.8 cm³/mol. The van der Waals surface area contributed by atoms with Gasteiger partial charge in [0.05, 0.1) is 12.5 Å². The number of aliphatic hydroxyl groups excluding tert-OH is 1. The minimum atomic E-state index is -1.48. The maximum Gasteiger partial charge on any atom is 0.339 e. The van der Waals surface area contributed by atoms with Crippen LogP contribution < -0.4 is 11.2 Å². The Labute approximate surface area is 106 Å². The fraction of sp³-hybridized carbons (Fsp3) is 0.250. The van der Waals surface area contributed by atoms with Gasteiger partial charge in [0.2, 0.25) is 0 Å². The molecule has 2 aromatic rings. The van der Waals surface area contributed by atoms with Gasteiger partial charge in [-0.05, 0) is 12.1 Å². The number of nitrogens with one attached hydrogen (secondary N) is 1. The summed E-state index contributed by atoms with van der Waals surface area (Å²) >= 11 is 0. The van der Waals surface area contributed by atoms with E-state index in [0.717, 1.165) is 7.11 Å². The summed E-state index contributed by atoms with van der Waals surface area (Å²) in [5.41, 5.74) is -0.955. The number of pyridine rings is 1. The quantitative estimate of drug-likeness (QED) is 0.728. The van der Waals surface area contributed by atoms with E-state index in [1.807, 2.05) is 0 Å². The van der Waals surface area contributed by atoms with Crippen LogP contribution in [0.1, 0.15) is 5.56 Å². The lowest BCUT2D eigenvalue weighted by molar-refractivity contribution is -0.150. The number of methoxy groups -OCH3 is 1. The van der Waals surface area contributed by atoms with Gasteiger partial charge in [-0.2, -0.15) is 0 Å². The standard InChI is InChI=1S/C12H11NO6/c1-18-12(17)8(14)5-6-4-7-9(19-11(6)16)2-3-13-10(7)15/h2-4,8,14H,5H2,1H3,(H,13,15)/t8-/m0/s1. The van der Waals surface area contributed by atoms with Crippen molar-refractivity contribution in [2.24, 2.45) is 0 Å². The first-order valence-electron chi connectivity index (χ1n) is 5.43. The van der Waals surface area contributed by atoms with E-state index in [9.17, 15) is 19.5 Å². The van der Waals surface area contributed by atoms with Crippen LogP contribution in [0.5, 0.6) is 0 Å². The monoisotopic (exact) mass is 265 g/mol. The summed E-state index contributed by atoms with van der Waals surface area (Å²) in [6.45, 7) is 0. The van der Waals surface area contributed by atoms with Gasteiger partial charge in [-0.25, -0.2) is 9.59 Å². The predicted octanol–water partition coefficient (Wildman–Crippen LogP) is -0.442. The molecule has 0 aliphatic rings.